The first-order chi connectivity index (χ1) is 73.9. The van der Waals surface area contributed by atoms with Crippen molar-refractivity contribution in [1.82, 2.24) is 0 Å². The Kier molecular flexibility index (Phi) is 34.6. The van der Waals surface area contributed by atoms with Gasteiger partial charge in [0.25, 0.3) is 0 Å². The summed E-state index contributed by atoms with van der Waals surface area (Å²) in [6.45, 7) is 25.4. The van der Waals surface area contributed by atoms with Crippen LogP contribution in [0.25, 0.3) is 111 Å². The number of hydrogen-bond acceptors (Lipinski definition) is 4. The Bertz CT molecular complexity index is 7800. The van der Waals surface area contributed by atoms with Gasteiger partial charge >= 0.3 is 0 Å². The lowest BCUT2D eigenvalue weighted by molar-refractivity contribution is 0.660. The van der Waals surface area contributed by atoms with Gasteiger partial charge in [-0.25, -0.2) is 0 Å². The number of benzene rings is 22. The lowest BCUT2D eigenvalue weighted by Crippen LogP contribution is -2.16. The molecule has 736 valence electrons. The lowest BCUT2D eigenvalue weighted by atomic mass is 9.82. The lowest BCUT2D eigenvalue weighted by Gasteiger charge is -2.28. The molecule has 2 aliphatic carbocycles. The van der Waals surface area contributed by atoms with E-state index in [0.717, 1.165) is 56.9 Å². The third-order valence-corrected chi connectivity index (χ3v) is 27.5. The van der Waals surface area contributed by atoms with E-state index in [0.29, 0.717) is 0 Å². The Morgan fingerprint density at radius 2 is 0.247 bits per heavy atom. The predicted molar refractivity (Wildman–Crippen MR) is 649 cm³/mol. The molecule has 0 bridgehead atoms. The van der Waals surface area contributed by atoms with Crippen LogP contribution in [0.3, 0.4) is 0 Å². The molecule has 0 fully saturated rings. The van der Waals surface area contributed by atoms with Gasteiger partial charge in [-0.15, -0.1) is 0 Å². The highest BCUT2D eigenvalue weighted by atomic mass is 15.2. The van der Waals surface area contributed by atoms with Crippen molar-refractivity contribution in [2.45, 2.75) is 93.9 Å². The van der Waals surface area contributed by atoms with Gasteiger partial charge in [-0.05, 0) is 279 Å². The minimum atomic E-state index is -0.0536. The Morgan fingerprint density at radius 1 is 0.107 bits per heavy atom. The fraction of sp³-hybridized carbons (Fsp3) is 0.0959. The summed E-state index contributed by atoms with van der Waals surface area (Å²) in [7, 11) is 0. The summed E-state index contributed by atoms with van der Waals surface area (Å²) in [6, 6.07) is 208. The maximum Gasteiger partial charge on any atom is 0.0467 e. The molecule has 0 spiro atoms. The minimum Gasteiger partial charge on any atom is -0.310 e. The van der Waals surface area contributed by atoms with Crippen molar-refractivity contribution in [3.05, 3.63) is 605 Å². The molecule has 0 aliphatic heterocycles. The maximum absolute atomic E-state index is 2.39. The molecule has 150 heavy (non-hydrogen) atoms. The van der Waals surface area contributed by atoms with Crippen LogP contribution in [0.4, 0.5) is 68.2 Å². The van der Waals surface area contributed by atoms with E-state index < -0.39 is 0 Å². The van der Waals surface area contributed by atoms with Crippen molar-refractivity contribution in [3.8, 4) is 111 Å². The van der Waals surface area contributed by atoms with E-state index in [1.807, 2.05) is 55.4 Å². The number of rotatable bonds is 20. The minimum absolute atomic E-state index is 0.0263. The fourth-order valence-electron chi connectivity index (χ4n) is 20.1. The van der Waals surface area contributed by atoms with Crippen LogP contribution in [-0.2, 0) is 10.8 Å². The van der Waals surface area contributed by atoms with Crippen molar-refractivity contribution < 1.29 is 0 Å². The van der Waals surface area contributed by atoms with Crippen molar-refractivity contribution >= 4 is 68.2 Å². The summed E-state index contributed by atoms with van der Waals surface area (Å²) < 4.78 is 0. The van der Waals surface area contributed by atoms with Crippen LogP contribution in [0.1, 0.15) is 105 Å². The van der Waals surface area contributed by atoms with Gasteiger partial charge < -0.3 is 19.6 Å². The summed E-state index contributed by atoms with van der Waals surface area (Å²) in [5, 5.41) is 0. The third kappa shape index (κ3) is 23.7. The van der Waals surface area contributed by atoms with Gasteiger partial charge in [0.1, 0.15) is 0 Å². The molecule has 4 nitrogen and oxygen atoms in total. The number of hydrogen-bond donors (Lipinski definition) is 0. The van der Waals surface area contributed by atoms with Gasteiger partial charge in [-0.3, -0.25) is 0 Å². The second kappa shape index (κ2) is 50.2. The summed E-state index contributed by atoms with van der Waals surface area (Å²) in [5.41, 5.74) is 44.0. The molecule has 0 radical (unpaired) electrons. The normalized spacial score (nSPS) is 11.4. The number of fused-ring (bicyclic) bond motifs is 6. The maximum atomic E-state index is 2.39. The second-order valence-electron chi connectivity index (χ2n) is 37.1. The SMILES string of the molecule is CC.CC.CC.CC.CC1(C)c2ccccc2-c2ccc(N(c3ccc(-c4ccccc4)cc3)c3ccc(-c4ccccc4)cc3)cc21.CC1(C)c2ccccc2-c2ccc(N(c3ccccc3)c3ccc(-c4ccccc4)cc3)cc21.c1ccc(-c2ccc(N(c3cccc(-c4ccccc4)c3)c3cccc(-c4ccccc4)c3)cc2)cc1.c1ccc(-c2ccc(N(c3ccccc3)c3cccc(-c4ccccc4)c3)cc2)cc1. The molecule has 0 amide bonds. The quantitative estimate of drug-likeness (QED) is 0.0754. The Labute approximate surface area is 891 Å². The highest BCUT2D eigenvalue weighted by Gasteiger charge is 2.38. The molecule has 0 unspecified atom stereocenters. The van der Waals surface area contributed by atoms with Crippen LogP contribution in [0.15, 0.2) is 582 Å². The molecule has 0 atom stereocenters. The molecule has 0 aromatic heterocycles. The van der Waals surface area contributed by atoms with Crippen molar-refractivity contribution in [1.29, 1.82) is 0 Å². The zero-order valence-corrected chi connectivity index (χ0v) is 88.2. The first-order valence-electron chi connectivity index (χ1n) is 53.0. The molecule has 0 heterocycles. The molecule has 0 saturated carbocycles. The molecule has 0 N–H and O–H groups in total. The van der Waals surface area contributed by atoms with Crippen LogP contribution >= 0.6 is 0 Å². The molecular weight excluding hydrogens is 1810 g/mol. The van der Waals surface area contributed by atoms with E-state index in [4.69, 9.17) is 0 Å². The highest BCUT2D eigenvalue weighted by molar-refractivity contribution is 5.91. The Hall–Kier alpha value is -18.0. The van der Waals surface area contributed by atoms with Crippen LogP contribution in [0.2, 0.25) is 0 Å². The van der Waals surface area contributed by atoms with E-state index in [1.54, 1.807) is 0 Å². The van der Waals surface area contributed by atoms with Gasteiger partial charge in [-0.2, -0.15) is 0 Å². The summed E-state index contributed by atoms with van der Waals surface area (Å²) in [4.78, 5) is 9.38. The average Bonchev–Trinajstić information content (AvgIpc) is 1.58. The van der Waals surface area contributed by atoms with Crippen LogP contribution < -0.4 is 19.6 Å². The van der Waals surface area contributed by atoms with Gasteiger partial charge in [0.15, 0.2) is 0 Å². The number of nitrogens with zero attached hydrogens (tertiary/aromatic N) is 4. The Balaban J connectivity index is 0.000000133. The van der Waals surface area contributed by atoms with Gasteiger partial charge in [0, 0.05) is 79.1 Å². The van der Waals surface area contributed by atoms with Crippen molar-refractivity contribution in [2.24, 2.45) is 0 Å². The van der Waals surface area contributed by atoms with E-state index in [2.05, 4.69) is 630 Å². The summed E-state index contributed by atoms with van der Waals surface area (Å²) in [5.74, 6) is 0. The predicted octanol–water partition coefficient (Wildman–Crippen LogP) is 42.7. The van der Waals surface area contributed by atoms with E-state index in [9.17, 15) is 0 Å². The van der Waals surface area contributed by atoms with Crippen LogP contribution in [0, 0.1) is 0 Å². The molecule has 0 saturated heterocycles. The first-order valence-corrected chi connectivity index (χ1v) is 53.0. The summed E-state index contributed by atoms with van der Waals surface area (Å²) in [6.07, 6.45) is 0. The van der Waals surface area contributed by atoms with E-state index in [-0.39, 0.29) is 10.8 Å². The average molecular weight is 1940 g/mol. The van der Waals surface area contributed by atoms with Crippen molar-refractivity contribution in [3.63, 3.8) is 0 Å². The molecule has 22 aromatic rings. The first kappa shape index (κ1) is 103. The largest absolute Gasteiger partial charge is 0.310 e. The standard InChI is InChI=1S/C39H31N.C36H27N.C33H27N.C30H23N.4C2H6/c1-39(2)37-16-10-9-15-35(37)36-26-25-34(27-38(36)39)40(32-21-17-30(18-22-32)28-11-5-3-6-12-28)33-23-19-31(20-24-33)29-13-7-4-8-14-29;1-4-12-28(13-5-1)31-22-24-34(25-23-31)37(35-20-10-18-32(26-35)29-14-6-2-7-15-29)36-21-11-19-33(27-36)30-16-8-3-9-17-30;1-33(2)31-16-10-9-15-29(31)30-22-21-28(23-32(30)33)34(26-13-7-4-8-14-26)27-19-17-25(18-20-27)24-11-5-3-6-12-24;1-4-11-24(12-5-1)26-19-21-29(22-20-26)31(28-16-8-3-9-17-28)30-18-10-15-27(23-30)25-13-6-2-7-14-25;4*1-2/h3-27H,1-2H3;1-27H;3-23H,1-2H3;1-23H;4*1-2H3. The zero-order chi connectivity index (χ0) is 104. The van der Waals surface area contributed by atoms with Crippen LogP contribution in [-0.4, -0.2) is 0 Å². The number of anilines is 12. The monoisotopic (exact) mass is 1940 g/mol. The molecule has 4 heteroatoms. The van der Waals surface area contributed by atoms with Crippen LogP contribution in [0.5, 0.6) is 0 Å². The Morgan fingerprint density at radius 3 is 0.467 bits per heavy atom. The molecule has 24 rings (SSSR count). The summed E-state index contributed by atoms with van der Waals surface area (Å²) >= 11 is 0. The van der Waals surface area contributed by atoms with Gasteiger partial charge in [0.2, 0.25) is 0 Å². The fourth-order valence-corrected chi connectivity index (χ4v) is 20.1. The second-order valence-corrected chi connectivity index (χ2v) is 37.1. The molecule has 2 aliphatic rings. The van der Waals surface area contributed by atoms with E-state index >= 15 is 0 Å². The van der Waals surface area contributed by atoms with E-state index in [1.165, 1.54) is 145 Å². The van der Waals surface area contributed by atoms with Gasteiger partial charge in [0.05, 0.1) is 0 Å². The number of para-hydroxylation sites is 2. The zero-order valence-electron chi connectivity index (χ0n) is 88.2. The van der Waals surface area contributed by atoms with Gasteiger partial charge in [-0.1, -0.05) is 520 Å². The van der Waals surface area contributed by atoms with Crippen molar-refractivity contribution in [2.75, 3.05) is 19.6 Å². The smallest absolute Gasteiger partial charge is 0.0467 e. The third-order valence-electron chi connectivity index (χ3n) is 27.5. The molecular formula is C146H132N4. The topological polar surface area (TPSA) is 13.0 Å². The molecule has 22 aromatic carbocycles. The highest BCUT2D eigenvalue weighted by Crippen LogP contribution is 2.54.